The van der Waals surface area contributed by atoms with Crippen molar-refractivity contribution in [1.29, 1.82) is 0 Å². The normalized spacial score (nSPS) is 26.7. The maximum atomic E-state index is 15.0. The van der Waals surface area contributed by atoms with Crippen molar-refractivity contribution < 1.29 is 18.3 Å². The molecule has 1 aromatic heterocycles. The summed E-state index contributed by atoms with van der Waals surface area (Å²) in [6.45, 7) is 2.14. The van der Waals surface area contributed by atoms with E-state index in [9.17, 15) is 13.6 Å². The van der Waals surface area contributed by atoms with E-state index >= 15 is 0 Å². The molecule has 4 atom stereocenters. The standard InChI is InChI=1S/C24H25ClF2N4O2/c1-12-18(25)9-29-23(30-12)17-10-31(11-19(17)28)24(32)16-5-4-15(26)8-20(16)33-21-7-13-2-3-14(6-13)22(21)27/h4-5,8-9,13-14,21-22H,2-3,6-7,10-11,28H2,1H3/t13?,14-,21+,22?/m1/s1. The highest BCUT2D eigenvalue weighted by atomic mass is 35.5. The number of benzene rings is 1. The lowest BCUT2D eigenvalue weighted by Gasteiger charge is -2.32. The third kappa shape index (κ3) is 4.16. The number of nitrogens with zero attached hydrogens (tertiary/aromatic N) is 3. The Kier molecular flexibility index (Phi) is 5.72. The van der Waals surface area contributed by atoms with Crippen LogP contribution in [0, 0.1) is 24.6 Å². The van der Waals surface area contributed by atoms with Gasteiger partial charge < -0.3 is 15.4 Å². The number of nitrogens with two attached hydrogens (primary N) is 1. The fraction of sp³-hybridized carbons (Fsp3) is 0.458. The Labute approximate surface area is 195 Å². The van der Waals surface area contributed by atoms with Gasteiger partial charge >= 0.3 is 0 Å². The Morgan fingerprint density at radius 1 is 1.27 bits per heavy atom. The third-order valence-corrected chi connectivity index (χ3v) is 7.35. The zero-order chi connectivity index (χ0) is 23.3. The van der Waals surface area contributed by atoms with Crippen LogP contribution in [0.15, 0.2) is 30.1 Å². The summed E-state index contributed by atoms with van der Waals surface area (Å²) in [7, 11) is 0. The molecule has 2 aromatic rings. The highest BCUT2D eigenvalue weighted by Gasteiger charge is 2.44. The predicted molar refractivity (Wildman–Crippen MR) is 120 cm³/mol. The predicted octanol–water partition coefficient (Wildman–Crippen LogP) is 4.31. The number of hydrogen-bond donors (Lipinski definition) is 1. The molecule has 5 rings (SSSR count). The zero-order valence-corrected chi connectivity index (χ0v) is 19.0. The van der Waals surface area contributed by atoms with E-state index < -0.39 is 18.1 Å². The van der Waals surface area contributed by atoms with E-state index in [2.05, 4.69) is 9.97 Å². The number of carbonyl (C=O) groups is 1. The monoisotopic (exact) mass is 474 g/mol. The highest BCUT2D eigenvalue weighted by molar-refractivity contribution is 6.31. The van der Waals surface area contributed by atoms with Crippen LogP contribution in [0.3, 0.4) is 0 Å². The number of halogens is 3. The molecule has 2 aliphatic carbocycles. The molecule has 33 heavy (non-hydrogen) atoms. The van der Waals surface area contributed by atoms with Gasteiger partial charge in [0.25, 0.3) is 5.91 Å². The third-order valence-electron chi connectivity index (χ3n) is 6.98. The summed E-state index contributed by atoms with van der Waals surface area (Å²) in [5.74, 6) is -0.0248. The van der Waals surface area contributed by atoms with Crippen molar-refractivity contribution in [3.8, 4) is 5.75 Å². The number of rotatable bonds is 4. The van der Waals surface area contributed by atoms with E-state index in [0.29, 0.717) is 40.1 Å². The molecule has 0 spiro atoms. The second-order valence-corrected chi connectivity index (χ2v) is 9.62. The SMILES string of the molecule is Cc1nc(C2=C(N)CN(C(=O)c3ccc(F)cc3O[C@H]3CC4CC[C@H](C4)C3F)C2)ncc1Cl. The van der Waals surface area contributed by atoms with Crippen LogP contribution >= 0.6 is 11.6 Å². The summed E-state index contributed by atoms with van der Waals surface area (Å²) >= 11 is 6.02. The first-order valence-corrected chi connectivity index (χ1v) is 11.5. The highest BCUT2D eigenvalue weighted by Crippen LogP contribution is 2.45. The average molecular weight is 475 g/mol. The van der Waals surface area contributed by atoms with E-state index in [0.717, 1.165) is 25.3 Å². The quantitative estimate of drug-likeness (QED) is 0.714. The number of hydrogen-bond acceptors (Lipinski definition) is 5. The van der Waals surface area contributed by atoms with E-state index in [1.807, 2.05) is 0 Å². The van der Waals surface area contributed by atoms with Crippen molar-refractivity contribution in [2.24, 2.45) is 17.6 Å². The smallest absolute Gasteiger partial charge is 0.258 e. The topological polar surface area (TPSA) is 81.3 Å². The summed E-state index contributed by atoms with van der Waals surface area (Å²) in [6.07, 6.45) is 3.02. The zero-order valence-electron chi connectivity index (χ0n) is 18.2. The Hall–Kier alpha value is -2.74. The number of ether oxygens (including phenoxy) is 1. The number of fused-ring (bicyclic) bond motifs is 2. The van der Waals surface area contributed by atoms with Crippen LogP contribution in [0.25, 0.3) is 5.57 Å². The second-order valence-electron chi connectivity index (χ2n) is 9.21. The summed E-state index contributed by atoms with van der Waals surface area (Å²) in [4.78, 5) is 23.5. The molecule has 3 aliphatic rings. The molecule has 1 amide bonds. The van der Waals surface area contributed by atoms with Gasteiger partial charge in [-0.25, -0.2) is 18.7 Å². The Balaban J connectivity index is 1.37. The van der Waals surface area contributed by atoms with E-state index in [4.69, 9.17) is 22.1 Å². The molecule has 6 nitrogen and oxygen atoms in total. The summed E-state index contributed by atoms with van der Waals surface area (Å²) in [6, 6.07) is 3.75. The number of aryl methyl sites for hydroxylation is 1. The van der Waals surface area contributed by atoms with Crippen LogP contribution in [-0.4, -0.2) is 46.1 Å². The van der Waals surface area contributed by atoms with Gasteiger partial charge in [0.1, 0.15) is 23.8 Å². The van der Waals surface area contributed by atoms with Crippen molar-refractivity contribution >= 4 is 23.1 Å². The van der Waals surface area contributed by atoms with Gasteiger partial charge in [-0.05, 0) is 56.6 Å². The molecule has 1 aromatic carbocycles. The van der Waals surface area contributed by atoms with Crippen molar-refractivity contribution in [3.63, 3.8) is 0 Å². The van der Waals surface area contributed by atoms with Gasteiger partial charge in [-0.2, -0.15) is 0 Å². The first-order valence-electron chi connectivity index (χ1n) is 11.2. The fourth-order valence-corrected chi connectivity index (χ4v) is 5.29. The Bertz CT molecular complexity index is 1140. The Morgan fingerprint density at radius 2 is 2.09 bits per heavy atom. The lowest BCUT2D eigenvalue weighted by atomic mass is 9.85. The minimum absolute atomic E-state index is 0.0190. The van der Waals surface area contributed by atoms with Crippen molar-refractivity contribution in [3.05, 3.63) is 58.0 Å². The van der Waals surface area contributed by atoms with Crippen molar-refractivity contribution in [2.75, 3.05) is 13.1 Å². The summed E-state index contributed by atoms with van der Waals surface area (Å²) in [5, 5.41) is 0.444. The molecule has 2 saturated carbocycles. The molecular formula is C24H25ClF2N4O2. The number of aromatic nitrogens is 2. The van der Waals surface area contributed by atoms with E-state index in [1.165, 1.54) is 23.2 Å². The van der Waals surface area contributed by atoms with E-state index in [-0.39, 0.29) is 36.2 Å². The molecule has 1 aliphatic heterocycles. The summed E-state index contributed by atoms with van der Waals surface area (Å²) < 4.78 is 35.0. The molecule has 174 valence electrons. The van der Waals surface area contributed by atoms with Gasteiger partial charge in [-0.3, -0.25) is 4.79 Å². The molecule has 2 N–H and O–H groups in total. The minimum Gasteiger partial charge on any atom is -0.486 e. The first kappa shape index (κ1) is 22.1. The van der Waals surface area contributed by atoms with Crippen molar-refractivity contribution in [2.45, 2.75) is 44.9 Å². The van der Waals surface area contributed by atoms with Crippen LogP contribution < -0.4 is 10.5 Å². The maximum absolute atomic E-state index is 15.0. The van der Waals surface area contributed by atoms with E-state index in [1.54, 1.807) is 6.92 Å². The van der Waals surface area contributed by atoms with Gasteiger partial charge in [0, 0.05) is 23.5 Å². The Morgan fingerprint density at radius 3 is 2.88 bits per heavy atom. The van der Waals surface area contributed by atoms with Gasteiger partial charge in [-0.15, -0.1) is 0 Å². The first-order chi connectivity index (χ1) is 15.8. The molecule has 2 fully saturated rings. The molecule has 2 heterocycles. The molecule has 0 radical (unpaired) electrons. The largest absolute Gasteiger partial charge is 0.486 e. The summed E-state index contributed by atoms with van der Waals surface area (Å²) in [5.41, 5.74) is 8.12. The number of amides is 1. The number of carbonyl (C=O) groups excluding carboxylic acids is 1. The molecule has 2 bridgehead atoms. The van der Waals surface area contributed by atoms with Crippen LogP contribution in [0.4, 0.5) is 8.78 Å². The lowest BCUT2D eigenvalue weighted by Crippen LogP contribution is -2.38. The van der Waals surface area contributed by atoms with Gasteiger partial charge in [0.15, 0.2) is 5.82 Å². The van der Waals surface area contributed by atoms with Gasteiger partial charge in [0.05, 0.1) is 29.4 Å². The van der Waals surface area contributed by atoms with Crippen LogP contribution in [0.1, 0.15) is 47.6 Å². The second kappa shape index (κ2) is 8.56. The molecule has 9 heteroatoms. The molecular weight excluding hydrogens is 450 g/mol. The van der Waals surface area contributed by atoms with Gasteiger partial charge in [-0.1, -0.05) is 11.6 Å². The van der Waals surface area contributed by atoms with Crippen molar-refractivity contribution in [1.82, 2.24) is 14.9 Å². The van der Waals surface area contributed by atoms with Crippen LogP contribution in [-0.2, 0) is 0 Å². The van der Waals surface area contributed by atoms with Crippen LogP contribution in [0.2, 0.25) is 5.02 Å². The average Bonchev–Trinajstić information content (AvgIpc) is 3.38. The lowest BCUT2D eigenvalue weighted by molar-refractivity contribution is 0.0246. The molecule has 0 saturated heterocycles. The minimum atomic E-state index is -1.11. The maximum Gasteiger partial charge on any atom is 0.258 e. The molecule has 2 unspecified atom stereocenters. The fourth-order valence-electron chi connectivity index (χ4n) is 5.20. The van der Waals surface area contributed by atoms with Gasteiger partial charge in [0.2, 0.25) is 0 Å². The number of alkyl halides is 1. The van der Waals surface area contributed by atoms with Crippen LogP contribution in [0.5, 0.6) is 5.75 Å².